The highest BCUT2D eigenvalue weighted by Crippen LogP contribution is 2.12. The van der Waals surface area contributed by atoms with Gasteiger partial charge in [-0.1, -0.05) is 12.1 Å². The molecule has 2 rings (SSSR count). The van der Waals surface area contributed by atoms with E-state index in [4.69, 9.17) is 4.74 Å². The van der Waals surface area contributed by atoms with Crippen molar-refractivity contribution in [2.45, 2.75) is 11.4 Å². The van der Waals surface area contributed by atoms with Gasteiger partial charge in [0.1, 0.15) is 5.75 Å². The molecular formula is C18H21N3O5S. The van der Waals surface area contributed by atoms with Crippen LogP contribution in [0.5, 0.6) is 5.75 Å². The third-order valence-electron chi connectivity index (χ3n) is 3.73. The van der Waals surface area contributed by atoms with Crippen molar-refractivity contribution in [3.8, 4) is 5.75 Å². The minimum atomic E-state index is -3.55. The number of carbonyl (C=O) groups is 2. The van der Waals surface area contributed by atoms with Gasteiger partial charge in [-0.2, -0.15) is 0 Å². The summed E-state index contributed by atoms with van der Waals surface area (Å²) < 4.78 is 30.8. The molecule has 8 nitrogen and oxygen atoms in total. The molecule has 0 aliphatic heterocycles. The Bertz CT molecular complexity index is 911. The van der Waals surface area contributed by atoms with Crippen LogP contribution < -0.4 is 20.1 Å². The Morgan fingerprint density at radius 3 is 2.37 bits per heavy atom. The lowest BCUT2D eigenvalue weighted by Gasteiger charge is -2.09. The van der Waals surface area contributed by atoms with E-state index < -0.39 is 15.9 Å². The summed E-state index contributed by atoms with van der Waals surface area (Å²) in [4.78, 5) is 24.0. The molecule has 27 heavy (non-hydrogen) atoms. The maximum Gasteiger partial charge on any atom is 0.251 e. The van der Waals surface area contributed by atoms with Crippen LogP contribution in [0.15, 0.2) is 53.4 Å². The number of carbonyl (C=O) groups excluding carboxylic acids is 2. The summed E-state index contributed by atoms with van der Waals surface area (Å²) in [5, 5.41) is 5.15. The van der Waals surface area contributed by atoms with E-state index in [1.54, 1.807) is 36.4 Å². The summed E-state index contributed by atoms with van der Waals surface area (Å²) >= 11 is 0. The van der Waals surface area contributed by atoms with Crippen molar-refractivity contribution in [2.24, 2.45) is 0 Å². The molecule has 2 aromatic carbocycles. The van der Waals surface area contributed by atoms with Crippen LogP contribution in [0.3, 0.4) is 0 Å². The molecule has 0 spiro atoms. The van der Waals surface area contributed by atoms with Crippen molar-refractivity contribution in [1.82, 2.24) is 15.4 Å². The van der Waals surface area contributed by atoms with Gasteiger partial charge >= 0.3 is 0 Å². The molecule has 0 radical (unpaired) electrons. The van der Waals surface area contributed by atoms with Gasteiger partial charge in [-0.05, 0) is 49.0 Å². The largest absolute Gasteiger partial charge is 0.497 e. The molecule has 0 fully saturated rings. The number of ether oxygens (including phenoxy) is 1. The normalized spacial score (nSPS) is 10.9. The van der Waals surface area contributed by atoms with Crippen molar-refractivity contribution >= 4 is 21.8 Å². The van der Waals surface area contributed by atoms with Crippen LogP contribution >= 0.6 is 0 Å². The third kappa shape index (κ3) is 5.80. The molecule has 0 saturated carbocycles. The second-order valence-electron chi connectivity index (χ2n) is 5.54. The van der Waals surface area contributed by atoms with Gasteiger partial charge in [-0.3, -0.25) is 9.59 Å². The van der Waals surface area contributed by atoms with Crippen LogP contribution in [0.4, 0.5) is 0 Å². The van der Waals surface area contributed by atoms with E-state index in [-0.39, 0.29) is 23.9 Å². The zero-order chi connectivity index (χ0) is 19.9. The molecular weight excluding hydrogens is 370 g/mol. The Morgan fingerprint density at radius 2 is 1.74 bits per heavy atom. The zero-order valence-corrected chi connectivity index (χ0v) is 15.8. The van der Waals surface area contributed by atoms with Crippen molar-refractivity contribution in [2.75, 3.05) is 20.7 Å². The summed E-state index contributed by atoms with van der Waals surface area (Å²) in [5.41, 5.74) is 1.04. The van der Waals surface area contributed by atoms with Gasteiger partial charge < -0.3 is 15.4 Å². The Hall–Kier alpha value is -2.91. The molecule has 2 aromatic rings. The number of amides is 2. The van der Waals surface area contributed by atoms with E-state index >= 15 is 0 Å². The molecule has 0 saturated heterocycles. The molecule has 144 valence electrons. The first-order chi connectivity index (χ1) is 12.9. The molecule has 0 atom stereocenters. The van der Waals surface area contributed by atoms with Gasteiger partial charge in [0.15, 0.2) is 0 Å². The first-order valence-electron chi connectivity index (χ1n) is 8.07. The lowest BCUT2D eigenvalue weighted by molar-refractivity contribution is -0.120. The van der Waals surface area contributed by atoms with E-state index in [1.165, 1.54) is 26.3 Å². The van der Waals surface area contributed by atoms with E-state index in [9.17, 15) is 18.0 Å². The highest BCUT2D eigenvalue weighted by molar-refractivity contribution is 7.89. The van der Waals surface area contributed by atoms with Gasteiger partial charge in [-0.25, -0.2) is 13.1 Å². The number of methoxy groups -OCH3 is 1. The van der Waals surface area contributed by atoms with E-state index in [1.807, 2.05) is 0 Å². The predicted octanol–water partition coefficient (Wildman–Crippen LogP) is 0.650. The number of rotatable bonds is 8. The van der Waals surface area contributed by atoms with Gasteiger partial charge in [0, 0.05) is 12.1 Å². The SMILES string of the molecule is CNS(=O)(=O)c1cccc(CNC(=O)CNC(=O)c2ccc(OC)cc2)c1. The lowest BCUT2D eigenvalue weighted by atomic mass is 10.2. The summed E-state index contributed by atoms with van der Waals surface area (Å²) in [5.74, 6) is -0.138. The molecule has 2 amide bonds. The van der Waals surface area contributed by atoms with Gasteiger partial charge in [0.05, 0.1) is 18.6 Å². The van der Waals surface area contributed by atoms with Crippen LogP contribution in [0, 0.1) is 0 Å². The van der Waals surface area contributed by atoms with E-state index in [0.717, 1.165) is 0 Å². The highest BCUT2D eigenvalue weighted by atomic mass is 32.2. The molecule has 0 aliphatic rings. The fourth-order valence-electron chi connectivity index (χ4n) is 2.21. The molecule has 0 unspecified atom stereocenters. The monoisotopic (exact) mass is 391 g/mol. The van der Waals surface area contributed by atoms with Crippen LogP contribution in [-0.4, -0.2) is 40.9 Å². The van der Waals surface area contributed by atoms with Crippen molar-refractivity contribution < 1.29 is 22.7 Å². The average molecular weight is 391 g/mol. The van der Waals surface area contributed by atoms with E-state index in [0.29, 0.717) is 16.9 Å². The predicted molar refractivity (Wildman–Crippen MR) is 99.9 cm³/mol. The minimum Gasteiger partial charge on any atom is -0.497 e. The molecule has 3 N–H and O–H groups in total. The van der Waals surface area contributed by atoms with Crippen LogP contribution in [0.1, 0.15) is 15.9 Å². The maximum atomic E-state index is 12.0. The third-order valence-corrected chi connectivity index (χ3v) is 5.14. The first-order valence-corrected chi connectivity index (χ1v) is 9.55. The standard InChI is InChI=1S/C18H21N3O5S/c1-19-27(24,25)16-5-3-4-13(10-16)11-20-17(22)12-21-18(23)14-6-8-15(26-2)9-7-14/h3-10,19H,11-12H2,1-2H3,(H,20,22)(H,21,23). The number of hydrogen-bond acceptors (Lipinski definition) is 5. The second kappa shape index (κ2) is 9.15. The minimum absolute atomic E-state index is 0.115. The summed E-state index contributed by atoms with van der Waals surface area (Å²) in [7, 11) is -0.685. The molecule has 0 heterocycles. The van der Waals surface area contributed by atoms with Crippen molar-refractivity contribution in [3.05, 3.63) is 59.7 Å². The van der Waals surface area contributed by atoms with Crippen LogP contribution in [0.2, 0.25) is 0 Å². The fourth-order valence-corrected chi connectivity index (χ4v) is 3.01. The molecule has 0 aliphatic carbocycles. The Kier molecular flexibility index (Phi) is 6.91. The smallest absolute Gasteiger partial charge is 0.251 e. The number of nitrogens with one attached hydrogen (secondary N) is 3. The summed E-state index contributed by atoms with van der Waals surface area (Å²) in [6.45, 7) is -0.0519. The van der Waals surface area contributed by atoms with Gasteiger partial charge in [0.25, 0.3) is 5.91 Å². The van der Waals surface area contributed by atoms with Gasteiger partial charge in [-0.15, -0.1) is 0 Å². The Balaban J connectivity index is 1.85. The number of benzene rings is 2. The van der Waals surface area contributed by atoms with E-state index in [2.05, 4.69) is 15.4 Å². The average Bonchev–Trinajstić information content (AvgIpc) is 2.70. The fraction of sp³-hybridized carbons (Fsp3) is 0.222. The quantitative estimate of drug-likeness (QED) is 0.611. The lowest BCUT2D eigenvalue weighted by Crippen LogP contribution is -2.36. The van der Waals surface area contributed by atoms with Crippen molar-refractivity contribution in [1.29, 1.82) is 0 Å². The Labute approximate surface area is 158 Å². The highest BCUT2D eigenvalue weighted by Gasteiger charge is 2.12. The van der Waals surface area contributed by atoms with Gasteiger partial charge in [0.2, 0.25) is 15.9 Å². The Morgan fingerprint density at radius 1 is 1.04 bits per heavy atom. The maximum absolute atomic E-state index is 12.0. The van der Waals surface area contributed by atoms with Crippen LogP contribution in [0.25, 0.3) is 0 Å². The topological polar surface area (TPSA) is 114 Å². The molecule has 9 heteroatoms. The summed E-state index contributed by atoms with van der Waals surface area (Å²) in [6.07, 6.45) is 0. The van der Waals surface area contributed by atoms with Crippen LogP contribution in [-0.2, 0) is 21.4 Å². The second-order valence-corrected chi connectivity index (χ2v) is 7.43. The molecule has 0 bridgehead atoms. The summed E-state index contributed by atoms with van der Waals surface area (Å²) in [6, 6.07) is 12.7. The first kappa shape index (κ1) is 20.4. The molecule has 0 aromatic heterocycles. The number of sulfonamides is 1. The zero-order valence-electron chi connectivity index (χ0n) is 15.0. The number of hydrogen-bond donors (Lipinski definition) is 3. The van der Waals surface area contributed by atoms with Crippen molar-refractivity contribution in [3.63, 3.8) is 0 Å².